The third-order valence-electron chi connectivity index (χ3n) is 6.32. The van der Waals surface area contributed by atoms with Crippen LogP contribution in [0, 0.1) is 13.8 Å². The van der Waals surface area contributed by atoms with E-state index in [9.17, 15) is 4.79 Å². The molecule has 4 aromatic rings. The SMILES string of the molecule is Cc1ccc(C2=C[C@@H](c3ccc(C)cc3)n3nnnc3N2CC(=O)Nc2ccc(N(C)C)cc2)cc1. The number of nitrogens with one attached hydrogen (secondary N) is 1. The maximum Gasteiger partial charge on any atom is 0.251 e. The van der Waals surface area contributed by atoms with Gasteiger partial charge in [-0.15, -0.1) is 0 Å². The van der Waals surface area contributed by atoms with Gasteiger partial charge < -0.3 is 10.2 Å². The van der Waals surface area contributed by atoms with Gasteiger partial charge in [-0.2, -0.15) is 4.68 Å². The van der Waals surface area contributed by atoms with Crippen molar-refractivity contribution in [1.82, 2.24) is 20.2 Å². The lowest BCUT2D eigenvalue weighted by Crippen LogP contribution is -2.37. The number of amides is 1. The second-order valence-corrected chi connectivity index (χ2v) is 9.27. The van der Waals surface area contributed by atoms with E-state index in [4.69, 9.17) is 0 Å². The molecule has 8 nitrogen and oxygen atoms in total. The molecule has 2 heterocycles. The zero-order chi connectivity index (χ0) is 25.2. The number of allylic oxidation sites excluding steroid dienone is 1. The van der Waals surface area contributed by atoms with E-state index < -0.39 is 0 Å². The molecule has 36 heavy (non-hydrogen) atoms. The monoisotopic (exact) mass is 479 g/mol. The molecule has 1 atom stereocenters. The number of anilines is 3. The number of tetrazole rings is 1. The van der Waals surface area contributed by atoms with Crippen molar-refractivity contribution < 1.29 is 4.79 Å². The van der Waals surface area contributed by atoms with E-state index in [1.807, 2.05) is 48.2 Å². The Morgan fingerprint density at radius 1 is 0.917 bits per heavy atom. The Morgan fingerprint density at radius 3 is 2.19 bits per heavy atom. The summed E-state index contributed by atoms with van der Waals surface area (Å²) in [5.74, 6) is 0.366. The lowest BCUT2D eigenvalue weighted by molar-refractivity contribution is -0.114. The quantitative estimate of drug-likeness (QED) is 0.440. The molecule has 1 amide bonds. The first-order valence-electron chi connectivity index (χ1n) is 11.9. The van der Waals surface area contributed by atoms with E-state index in [0.29, 0.717) is 5.95 Å². The highest BCUT2D eigenvalue weighted by Crippen LogP contribution is 2.36. The zero-order valence-corrected chi connectivity index (χ0v) is 20.9. The molecular formula is C28H29N7O. The molecule has 0 saturated heterocycles. The predicted molar refractivity (Wildman–Crippen MR) is 143 cm³/mol. The van der Waals surface area contributed by atoms with Crippen LogP contribution in [0.25, 0.3) is 5.70 Å². The van der Waals surface area contributed by atoms with Crippen molar-refractivity contribution in [3.05, 3.63) is 101 Å². The lowest BCUT2D eigenvalue weighted by Gasteiger charge is -2.32. The van der Waals surface area contributed by atoms with Crippen molar-refractivity contribution >= 4 is 28.9 Å². The van der Waals surface area contributed by atoms with Gasteiger partial charge in [0.2, 0.25) is 5.91 Å². The van der Waals surface area contributed by atoms with E-state index in [1.165, 1.54) is 11.1 Å². The van der Waals surface area contributed by atoms with Gasteiger partial charge in [0, 0.05) is 25.5 Å². The predicted octanol–water partition coefficient (Wildman–Crippen LogP) is 4.45. The fourth-order valence-electron chi connectivity index (χ4n) is 4.28. The van der Waals surface area contributed by atoms with E-state index in [1.54, 1.807) is 4.68 Å². The maximum atomic E-state index is 13.2. The third-order valence-corrected chi connectivity index (χ3v) is 6.32. The summed E-state index contributed by atoms with van der Waals surface area (Å²) in [5.41, 5.74) is 7.11. The smallest absolute Gasteiger partial charge is 0.251 e. The molecule has 0 bridgehead atoms. The number of rotatable bonds is 6. The van der Waals surface area contributed by atoms with Gasteiger partial charge in [-0.25, -0.2) is 0 Å². The number of carbonyl (C=O) groups excluding carboxylic acids is 1. The van der Waals surface area contributed by atoms with E-state index >= 15 is 0 Å². The molecule has 0 saturated carbocycles. The summed E-state index contributed by atoms with van der Waals surface area (Å²) in [6.45, 7) is 4.19. The molecule has 1 aromatic heterocycles. The largest absolute Gasteiger partial charge is 0.378 e. The van der Waals surface area contributed by atoms with Crippen molar-refractivity contribution in [2.24, 2.45) is 0 Å². The fourth-order valence-corrected chi connectivity index (χ4v) is 4.28. The van der Waals surface area contributed by atoms with E-state index in [0.717, 1.165) is 28.2 Å². The number of hydrogen-bond acceptors (Lipinski definition) is 6. The molecule has 0 fully saturated rings. The van der Waals surface area contributed by atoms with Crippen LogP contribution >= 0.6 is 0 Å². The minimum Gasteiger partial charge on any atom is -0.378 e. The topological polar surface area (TPSA) is 79.2 Å². The van der Waals surface area contributed by atoms with Gasteiger partial charge in [0.1, 0.15) is 12.6 Å². The standard InChI is InChI=1S/C28H29N7O/c1-19-5-9-21(10-6-19)25-17-26(22-11-7-20(2)8-12-22)35-28(30-31-32-35)34(25)18-27(36)29-23-13-15-24(16-14-23)33(3)4/h5-17,26H,18H2,1-4H3,(H,29,36)/t26-/m0/s1. The van der Waals surface area contributed by atoms with E-state index in [2.05, 4.69) is 89.3 Å². The second-order valence-electron chi connectivity index (χ2n) is 9.27. The summed E-state index contributed by atoms with van der Waals surface area (Å²) in [4.78, 5) is 17.1. The third kappa shape index (κ3) is 4.70. The Labute approximate surface area is 210 Å². The van der Waals surface area contributed by atoms with Crippen LogP contribution in [0.5, 0.6) is 0 Å². The number of carbonyl (C=O) groups is 1. The number of aryl methyl sites for hydroxylation is 2. The number of aromatic nitrogens is 4. The maximum absolute atomic E-state index is 13.2. The summed E-state index contributed by atoms with van der Waals surface area (Å²) < 4.78 is 1.77. The number of benzene rings is 3. The van der Waals surface area contributed by atoms with Crippen molar-refractivity contribution in [3.63, 3.8) is 0 Å². The Morgan fingerprint density at radius 2 is 1.56 bits per heavy atom. The van der Waals surface area contributed by atoms with Crippen molar-refractivity contribution in [3.8, 4) is 0 Å². The lowest BCUT2D eigenvalue weighted by atomic mass is 9.99. The zero-order valence-electron chi connectivity index (χ0n) is 20.9. The van der Waals surface area contributed by atoms with Crippen LogP contribution in [0.2, 0.25) is 0 Å². The highest BCUT2D eigenvalue weighted by Gasteiger charge is 2.32. The average molecular weight is 480 g/mol. The second kappa shape index (κ2) is 9.65. The molecule has 3 aromatic carbocycles. The first-order chi connectivity index (χ1) is 17.4. The van der Waals surface area contributed by atoms with Crippen LogP contribution in [0.1, 0.15) is 28.3 Å². The Bertz CT molecular complexity index is 1390. The highest BCUT2D eigenvalue weighted by molar-refractivity contribution is 5.97. The molecule has 0 aliphatic carbocycles. The van der Waals surface area contributed by atoms with Gasteiger partial charge in [0.05, 0.1) is 5.70 Å². The molecule has 1 N–H and O–H groups in total. The van der Waals surface area contributed by atoms with Crippen molar-refractivity contribution in [2.75, 3.05) is 35.8 Å². The number of hydrogen-bond donors (Lipinski definition) is 1. The summed E-state index contributed by atoms with van der Waals surface area (Å²) in [6, 6.07) is 24.2. The number of fused-ring (bicyclic) bond motifs is 1. The van der Waals surface area contributed by atoms with Crippen LogP contribution in [0.3, 0.4) is 0 Å². The molecule has 182 valence electrons. The van der Waals surface area contributed by atoms with Crippen LogP contribution < -0.4 is 15.1 Å². The molecule has 0 unspecified atom stereocenters. The van der Waals surface area contributed by atoms with Crippen LogP contribution in [-0.4, -0.2) is 46.8 Å². The number of nitrogens with zero attached hydrogens (tertiary/aromatic N) is 6. The summed E-state index contributed by atoms with van der Waals surface area (Å²) in [6.07, 6.45) is 2.12. The summed E-state index contributed by atoms with van der Waals surface area (Å²) in [7, 11) is 3.97. The Balaban J connectivity index is 1.49. The summed E-state index contributed by atoms with van der Waals surface area (Å²) >= 11 is 0. The first-order valence-corrected chi connectivity index (χ1v) is 11.9. The summed E-state index contributed by atoms with van der Waals surface area (Å²) in [5, 5.41) is 15.6. The Hall–Kier alpha value is -4.46. The fraction of sp³-hybridized carbons (Fsp3) is 0.214. The van der Waals surface area contributed by atoms with Crippen molar-refractivity contribution in [2.45, 2.75) is 19.9 Å². The van der Waals surface area contributed by atoms with Crippen LogP contribution in [0.4, 0.5) is 17.3 Å². The Kier molecular flexibility index (Phi) is 6.25. The van der Waals surface area contributed by atoms with Gasteiger partial charge in [-0.3, -0.25) is 9.69 Å². The minimum absolute atomic E-state index is 0.0656. The van der Waals surface area contributed by atoms with Gasteiger partial charge in [0.25, 0.3) is 5.95 Å². The molecule has 1 aliphatic rings. The molecule has 8 heteroatoms. The van der Waals surface area contributed by atoms with Crippen molar-refractivity contribution in [1.29, 1.82) is 0 Å². The minimum atomic E-state index is -0.190. The first kappa shape index (κ1) is 23.3. The van der Waals surface area contributed by atoms with Crippen LogP contribution in [0.15, 0.2) is 78.9 Å². The molecule has 1 aliphatic heterocycles. The molecule has 0 spiro atoms. The van der Waals surface area contributed by atoms with Gasteiger partial charge >= 0.3 is 0 Å². The van der Waals surface area contributed by atoms with Crippen LogP contribution in [-0.2, 0) is 4.79 Å². The molecule has 0 radical (unpaired) electrons. The molecular weight excluding hydrogens is 450 g/mol. The molecule has 5 rings (SSSR count). The normalized spacial score (nSPS) is 14.7. The van der Waals surface area contributed by atoms with E-state index in [-0.39, 0.29) is 18.5 Å². The average Bonchev–Trinajstić information content (AvgIpc) is 3.36. The van der Waals surface area contributed by atoms with Gasteiger partial charge in [0.15, 0.2) is 0 Å². The van der Waals surface area contributed by atoms with Gasteiger partial charge in [-0.1, -0.05) is 64.8 Å². The van der Waals surface area contributed by atoms with Gasteiger partial charge in [-0.05, 0) is 65.7 Å². The highest BCUT2D eigenvalue weighted by atomic mass is 16.2.